The zero-order chi connectivity index (χ0) is 15.1. The summed E-state index contributed by atoms with van der Waals surface area (Å²) in [6.07, 6.45) is 0.918. The lowest BCUT2D eigenvalue weighted by Crippen LogP contribution is -2.25. The maximum atomic E-state index is 9.12. The monoisotopic (exact) mass is 343 g/mol. The number of halogens is 1. The van der Waals surface area contributed by atoms with Crippen molar-refractivity contribution in [1.82, 2.24) is 0 Å². The van der Waals surface area contributed by atoms with Gasteiger partial charge in [-0.05, 0) is 36.7 Å². The Morgan fingerprint density at radius 1 is 1.14 bits per heavy atom. The van der Waals surface area contributed by atoms with Crippen molar-refractivity contribution in [2.75, 3.05) is 18.0 Å². The van der Waals surface area contributed by atoms with Gasteiger partial charge in [0.05, 0.1) is 11.6 Å². The first-order valence-electron chi connectivity index (χ1n) is 6.92. The molecule has 0 spiro atoms. The number of rotatable bonds is 6. The summed E-state index contributed by atoms with van der Waals surface area (Å²) in [6, 6.07) is 18.3. The summed E-state index contributed by atoms with van der Waals surface area (Å²) in [5.74, 6) is 0. The predicted octanol–water partition coefficient (Wildman–Crippen LogP) is 3.68. The summed E-state index contributed by atoms with van der Waals surface area (Å²) < 4.78 is 0.919. The van der Waals surface area contributed by atoms with E-state index in [1.807, 2.05) is 36.4 Å². The molecule has 0 aromatic heterocycles. The van der Waals surface area contributed by atoms with E-state index in [1.165, 1.54) is 5.56 Å². The van der Waals surface area contributed by atoms with Gasteiger partial charge in [-0.1, -0.05) is 46.3 Å². The molecule has 21 heavy (non-hydrogen) atoms. The quantitative estimate of drug-likeness (QED) is 0.870. The van der Waals surface area contributed by atoms with Gasteiger partial charge in [0.2, 0.25) is 0 Å². The summed E-state index contributed by atoms with van der Waals surface area (Å²) in [4.78, 5) is 2.26. The Hall–Kier alpha value is -1.83. The average molecular weight is 344 g/mol. The topological polar surface area (TPSA) is 53.0 Å². The fourth-order valence-electron chi connectivity index (χ4n) is 2.21. The van der Waals surface area contributed by atoms with E-state index in [2.05, 4.69) is 39.0 Å². The zero-order valence-corrected chi connectivity index (χ0v) is 13.4. The van der Waals surface area contributed by atoms with Gasteiger partial charge in [-0.15, -0.1) is 0 Å². The van der Waals surface area contributed by atoms with E-state index in [1.54, 1.807) is 0 Å². The Bertz CT molecular complexity index is 620. The molecule has 0 aliphatic heterocycles. The number of hydrogen-bond donors (Lipinski definition) is 1. The molecule has 0 heterocycles. The second-order valence-electron chi connectivity index (χ2n) is 4.86. The maximum Gasteiger partial charge on any atom is 0.0992 e. The second kappa shape index (κ2) is 7.82. The van der Waals surface area contributed by atoms with Crippen LogP contribution in [0.5, 0.6) is 0 Å². The van der Waals surface area contributed by atoms with E-state index in [9.17, 15) is 0 Å². The van der Waals surface area contributed by atoms with E-state index in [4.69, 9.17) is 11.0 Å². The molecule has 0 saturated heterocycles. The molecule has 4 heteroatoms. The summed E-state index contributed by atoms with van der Waals surface area (Å²) in [5, 5.41) is 9.12. The summed E-state index contributed by atoms with van der Waals surface area (Å²) in [7, 11) is 0. The number of nitriles is 1. The van der Waals surface area contributed by atoms with Crippen LogP contribution in [-0.2, 0) is 6.54 Å². The molecule has 2 aromatic rings. The van der Waals surface area contributed by atoms with E-state index in [0.29, 0.717) is 12.1 Å². The Kier molecular flexibility index (Phi) is 5.79. The van der Waals surface area contributed by atoms with Crippen LogP contribution in [-0.4, -0.2) is 13.1 Å². The molecule has 0 unspecified atom stereocenters. The third-order valence-electron chi connectivity index (χ3n) is 3.23. The highest BCUT2D eigenvalue weighted by Gasteiger charge is 2.09. The molecule has 0 radical (unpaired) electrons. The Balaban J connectivity index is 2.27. The molecule has 2 aromatic carbocycles. The molecule has 0 bridgehead atoms. The van der Waals surface area contributed by atoms with Crippen LogP contribution in [0.2, 0.25) is 0 Å². The lowest BCUT2D eigenvalue weighted by atomic mass is 10.1. The minimum Gasteiger partial charge on any atom is -0.367 e. The van der Waals surface area contributed by atoms with Gasteiger partial charge < -0.3 is 10.6 Å². The summed E-state index contributed by atoms with van der Waals surface area (Å²) in [6.45, 7) is 2.33. The average Bonchev–Trinajstić information content (AvgIpc) is 2.51. The third kappa shape index (κ3) is 4.59. The normalized spacial score (nSPS) is 10.1. The summed E-state index contributed by atoms with van der Waals surface area (Å²) >= 11 is 3.47. The highest BCUT2D eigenvalue weighted by atomic mass is 79.9. The molecule has 0 atom stereocenters. The molecule has 0 saturated carbocycles. The van der Waals surface area contributed by atoms with Crippen molar-refractivity contribution >= 4 is 21.6 Å². The van der Waals surface area contributed by atoms with Gasteiger partial charge >= 0.3 is 0 Å². The van der Waals surface area contributed by atoms with E-state index >= 15 is 0 Å². The van der Waals surface area contributed by atoms with Gasteiger partial charge in [-0.2, -0.15) is 5.26 Å². The number of nitrogens with zero attached hydrogens (tertiary/aromatic N) is 2. The molecule has 0 amide bonds. The van der Waals surface area contributed by atoms with Crippen LogP contribution in [0.4, 0.5) is 5.69 Å². The Morgan fingerprint density at radius 2 is 1.90 bits per heavy atom. The largest absolute Gasteiger partial charge is 0.367 e. The molecule has 0 aliphatic rings. The lowest BCUT2D eigenvalue weighted by Gasteiger charge is -2.25. The third-order valence-corrected chi connectivity index (χ3v) is 3.68. The highest BCUT2D eigenvalue weighted by Crippen LogP contribution is 2.24. The molecular weight excluding hydrogens is 326 g/mol. The van der Waals surface area contributed by atoms with E-state index in [-0.39, 0.29) is 0 Å². The first-order valence-corrected chi connectivity index (χ1v) is 7.72. The first kappa shape index (κ1) is 15.6. The molecule has 0 aliphatic carbocycles. The van der Waals surface area contributed by atoms with Crippen LogP contribution in [0.1, 0.15) is 17.5 Å². The standard InChI is InChI=1S/C17H18BrN3/c18-16-9-15(12-20)10-17(11-16)21(8-4-7-19)13-14-5-2-1-3-6-14/h1-3,5-6,9-11H,4,7-8,13,19H2. The SMILES string of the molecule is N#Cc1cc(Br)cc(N(CCCN)Cc2ccccc2)c1. The zero-order valence-electron chi connectivity index (χ0n) is 11.8. The number of hydrogen-bond acceptors (Lipinski definition) is 3. The minimum absolute atomic E-state index is 0.657. The van der Waals surface area contributed by atoms with Crippen molar-refractivity contribution in [3.63, 3.8) is 0 Å². The Labute approximate surface area is 134 Å². The Morgan fingerprint density at radius 3 is 2.57 bits per heavy atom. The highest BCUT2D eigenvalue weighted by molar-refractivity contribution is 9.10. The van der Waals surface area contributed by atoms with Crippen molar-refractivity contribution in [3.05, 3.63) is 64.1 Å². The van der Waals surface area contributed by atoms with Crippen LogP contribution >= 0.6 is 15.9 Å². The van der Waals surface area contributed by atoms with Gasteiger partial charge in [-0.3, -0.25) is 0 Å². The van der Waals surface area contributed by atoms with E-state index < -0.39 is 0 Å². The van der Waals surface area contributed by atoms with E-state index in [0.717, 1.165) is 29.7 Å². The van der Waals surface area contributed by atoms with Gasteiger partial charge in [0, 0.05) is 23.2 Å². The fraction of sp³-hybridized carbons (Fsp3) is 0.235. The molecular formula is C17H18BrN3. The van der Waals surface area contributed by atoms with Gasteiger partial charge in [0.25, 0.3) is 0 Å². The van der Waals surface area contributed by atoms with Gasteiger partial charge in [0.1, 0.15) is 0 Å². The van der Waals surface area contributed by atoms with Crippen LogP contribution in [0.25, 0.3) is 0 Å². The molecule has 0 fully saturated rings. The van der Waals surface area contributed by atoms with Gasteiger partial charge in [0.15, 0.2) is 0 Å². The maximum absolute atomic E-state index is 9.12. The van der Waals surface area contributed by atoms with Gasteiger partial charge in [-0.25, -0.2) is 0 Å². The van der Waals surface area contributed by atoms with Crippen molar-refractivity contribution < 1.29 is 0 Å². The summed E-state index contributed by atoms with van der Waals surface area (Å²) in [5.41, 5.74) is 8.59. The van der Waals surface area contributed by atoms with Crippen LogP contribution in [0, 0.1) is 11.3 Å². The lowest BCUT2D eigenvalue weighted by molar-refractivity contribution is 0.735. The van der Waals surface area contributed by atoms with Crippen LogP contribution in [0.3, 0.4) is 0 Å². The number of anilines is 1. The molecule has 2 rings (SSSR count). The van der Waals surface area contributed by atoms with Crippen LogP contribution < -0.4 is 10.6 Å². The van der Waals surface area contributed by atoms with Crippen molar-refractivity contribution in [2.45, 2.75) is 13.0 Å². The predicted molar refractivity (Wildman–Crippen MR) is 90.0 cm³/mol. The molecule has 2 N–H and O–H groups in total. The molecule has 3 nitrogen and oxygen atoms in total. The number of nitrogens with two attached hydrogens (primary N) is 1. The smallest absolute Gasteiger partial charge is 0.0992 e. The molecule has 108 valence electrons. The second-order valence-corrected chi connectivity index (χ2v) is 5.77. The fourth-order valence-corrected chi connectivity index (χ4v) is 2.69. The first-order chi connectivity index (χ1) is 10.2. The van der Waals surface area contributed by atoms with Crippen molar-refractivity contribution in [3.8, 4) is 6.07 Å². The van der Waals surface area contributed by atoms with Crippen molar-refractivity contribution in [1.29, 1.82) is 5.26 Å². The number of benzene rings is 2. The minimum atomic E-state index is 0.657. The van der Waals surface area contributed by atoms with Crippen molar-refractivity contribution in [2.24, 2.45) is 5.73 Å². The van der Waals surface area contributed by atoms with Crippen LogP contribution in [0.15, 0.2) is 53.0 Å².